The number of ether oxygens (including phenoxy) is 1. The van der Waals surface area contributed by atoms with Gasteiger partial charge in [0.25, 0.3) is 0 Å². The van der Waals surface area contributed by atoms with Crippen molar-refractivity contribution in [3.63, 3.8) is 0 Å². The van der Waals surface area contributed by atoms with Gasteiger partial charge in [0.1, 0.15) is 0 Å². The summed E-state index contributed by atoms with van der Waals surface area (Å²) in [6.07, 6.45) is 3.35. The summed E-state index contributed by atoms with van der Waals surface area (Å²) in [5.41, 5.74) is 2.89. The maximum absolute atomic E-state index is 6.10. The monoisotopic (exact) mass is 318 g/mol. The van der Waals surface area contributed by atoms with E-state index < -0.39 is 0 Å². The second-order valence-electron chi connectivity index (χ2n) is 6.40. The van der Waals surface area contributed by atoms with Gasteiger partial charge in [-0.3, -0.25) is 4.84 Å². The standard InChI is InChI=1S/C16H38N4O2/c1-8-9-10-15(16(2,3)21-13-11-17-4)20(18-5)22-14-12-19(6)7/h15,17-18H,8-14H2,1-7H3. The molecule has 6 heteroatoms. The average Bonchev–Trinajstić information content (AvgIpc) is 2.45. The third-order valence-electron chi connectivity index (χ3n) is 3.73. The Kier molecular flexibility index (Phi) is 12.1. The largest absolute Gasteiger partial charge is 0.372 e. The number of likely N-dealkylation sites (N-methyl/N-ethyl adjacent to an activating group) is 2. The molecule has 0 bridgehead atoms. The Morgan fingerprint density at radius 2 is 1.82 bits per heavy atom. The first-order valence-corrected chi connectivity index (χ1v) is 8.41. The van der Waals surface area contributed by atoms with Crippen LogP contribution in [0.2, 0.25) is 0 Å². The molecule has 0 radical (unpaired) electrons. The van der Waals surface area contributed by atoms with E-state index in [2.05, 4.69) is 36.4 Å². The molecule has 2 N–H and O–H groups in total. The van der Waals surface area contributed by atoms with Crippen molar-refractivity contribution in [1.82, 2.24) is 20.8 Å². The highest BCUT2D eigenvalue weighted by Gasteiger charge is 2.35. The van der Waals surface area contributed by atoms with Gasteiger partial charge in [0.05, 0.1) is 24.9 Å². The summed E-state index contributed by atoms with van der Waals surface area (Å²) < 4.78 is 6.10. The molecule has 0 aliphatic rings. The Balaban J connectivity index is 4.72. The van der Waals surface area contributed by atoms with Crippen LogP contribution >= 0.6 is 0 Å². The number of unbranched alkanes of at least 4 members (excludes halogenated alkanes) is 1. The van der Waals surface area contributed by atoms with Crippen LogP contribution in [0, 0.1) is 0 Å². The van der Waals surface area contributed by atoms with Gasteiger partial charge in [-0.2, -0.15) is 0 Å². The summed E-state index contributed by atoms with van der Waals surface area (Å²) in [5.74, 6) is 0. The lowest BCUT2D eigenvalue weighted by molar-refractivity contribution is -0.257. The predicted octanol–water partition coefficient (Wildman–Crippen LogP) is 1.49. The van der Waals surface area contributed by atoms with Crippen LogP contribution in [0.3, 0.4) is 0 Å². The average molecular weight is 319 g/mol. The molecular weight excluding hydrogens is 280 g/mol. The van der Waals surface area contributed by atoms with Crippen molar-refractivity contribution < 1.29 is 9.57 Å². The molecule has 6 nitrogen and oxygen atoms in total. The van der Waals surface area contributed by atoms with Crippen molar-refractivity contribution in [3.8, 4) is 0 Å². The molecule has 0 aliphatic carbocycles. The molecule has 0 aliphatic heterocycles. The minimum atomic E-state index is -0.285. The van der Waals surface area contributed by atoms with Crippen molar-refractivity contribution >= 4 is 0 Å². The lowest BCUT2D eigenvalue weighted by atomic mass is 9.94. The molecule has 22 heavy (non-hydrogen) atoms. The maximum Gasteiger partial charge on any atom is 0.0828 e. The van der Waals surface area contributed by atoms with Crippen LogP contribution in [0.1, 0.15) is 40.0 Å². The fourth-order valence-electron chi connectivity index (χ4n) is 2.29. The van der Waals surface area contributed by atoms with Gasteiger partial charge in [0.15, 0.2) is 0 Å². The van der Waals surface area contributed by atoms with Gasteiger partial charge in [0, 0.05) is 20.1 Å². The van der Waals surface area contributed by atoms with Gasteiger partial charge < -0.3 is 15.0 Å². The van der Waals surface area contributed by atoms with Gasteiger partial charge in [-0.15, -0.1) is 5.17 Å². The lowest BCUT2D eigenvalue weighted by Gasteiger charge is -2.40. The summed E-state index contributed by atoms with van der Waals surface area (Å²) in [6.45, 7) is 9.59. The number of hydrazine groups is 1. The number of nitrogens with zero attached hydrogens (tertiary/aromatic N) is 2. The molecule has 134 valence electrons. The second kappa shape index (κ2) is 12.2. The van der Waals surface area contributed by atoms with E-state index in [1.807, 2.05) is 33.4 Å². The third-order valence-corrected chi connectivity index (χ3v) is 3.73. The zero-order valence-electron chi connectivity index (χ0n) is 15.7. The Bertz CT molecular complexity index is 263. The normalized spacial score (nSPS) is 14.0. The van der Waals surface area contributed by atoms with E-state index in [0.29, 0.717) is 13.2 Å². The SMILES string of the molecule is CCCCC(N(NC)OCCN(C)C)C(C)(C)OCCNC. The Hall–Kier alpha value is -0.240. The molecule has 0 rings (SSSR count). The van der Waals surface area contributed by atoms with Crippen LogP contribution in [-0.4, -0.2) is 76.2 Å². The number of nitrogens with one attached hydrogen (secondary N) is 2. The van der Waals surface area contributed by atoms with Crippen LogP contribution in [0.15, 0.2) is 0 Å². The van der Waals surface area contributed by atoms with Gasteiger partial charge in [0.2, 0.25) is 0 Å². The zero-order chi connectivity index (χ0) is 17.0. The molecule has 0 fully saturated rings. The summed E-state index contributed by atoms with van der Waals surface area (Å²) >= 11 is 0. The highest BCUT2D eigenvalue weighted by atomic mass is 16.7. The molecule has 1 atom stereocenters. The lowest BCUT2D eigenvalue weighted by Crippen LogP contribution is -2.55. The van der Waals surface area contributed by atoms with E-state index in [1.54, 1.807) is 0 Å². The van der Waals surface area contributed by atoms with Crippen molar-refractivity contribution in [3.05, 3.63) is 0 Å². The maximum atomic E-state index is 6.10. The number of rotatable bonds is 14. The predicted molar refractivity (Wildman–Crippen MR) is 92.7 cm³/mol. The fourth-order valence-corrected chi connectivity index (χ4v) is 2.29. The van der Waals surface area contributed by atoms with Gasteiger partial charge in [-0.25, -0.2) is 5.43 Å². The molecule has 0 saturated heterocycles. The Labute approximate surface area is 137 Å². The molecule has 0 aromatic carbocycles. The first kappa shape index (κ1) is 21.8. The Morgan fingerprint density at radius 1 is 1.14 bits per heavy atom. The second-order valence-corrected chi connectivity index (χ2v) is 6.40. The van der Waals surface area contributed by atoms with Gasteiger partial charge in [-0.1, -0.05) is 19.8 Å². The number of hydrogen-bond acceptors (Lipinski definition) is 6. The summed E-state index contributed by atoms with van der Waals surface area (Å²) in [4.78, 5) is 8.05. The van der Waals surface area contributed by atoms with E-state index in [9.17, 15) is 0 Å². The number of hydroxylamine groups is 1. The topological polar surface area (TPSA) is 49.0 Å². The van der Waals surface area contributed by atoms with E-state index in [-0.39, 0.29) is 11.6 Å². The molecular formula is C16H38N4O2. The van der Waals surface area contributed by atoms with E-state index >= 15 is 0 Å². The highest BCUT2D eigenvalue weighted by Crippen LogP contribution is 2.24. The molecule has 0 aromatic heterocycles. The van der Waals surface area contributed by atoms with E-state index in [4.69, 9.17) is 9.57 Å². The minimum absolute atomic E-state index is 0.163. The molecule has 0 spiro atoms. The molecule has 0 saturated carbocycles. The summed E-state index contributed by atoms with van der Waals surface area (Å²) in [5, 5.41) is 4.99. The van der Waals surface area contributed by atoms with Crippen LogP contribution < -0.4 is 10.7 Å². The van der Waals surface area contributed by atoms with Crippen LogP contribution in [0.25, 0.3) is 0 Å². The number of hydrogen-bond donors (Lipinski definition) is 2. The van der Waals surface area contributed by atoms with Gasteiger partial charge >= 0.3 is 0 Å². The van der Waals surface area contributed by atoms with Crippen molar-refractivity contribution in [2.45, 2.75) is 51.7 Å². The first-order chi connectivity index (χ1) is 10.4. The van der Waals surface area contributed by atoms with Crippen LogP contribution in [0.5, 0.6) is 0 Å². The first-order valence-electron chi connectivity index (χ1n) is 8.41. The van der Waals surface area contributed by atoms with Crippen molar-refractivity contribution in [2.24, 2.45) is 0 Å². The zero-order valence-corrected chi connectivity index (χ0v) is 15.7. The summed E-state index contributed by atoms with van der Waals surface area (Å²) in [6, 6.07) is 0.163. The fraction of sp³-hybridized carbons (Fsp3) is 1.00. The van der Waals surface area contributed by atoms with Gasteiger partial charge in [-0.05, 0) is 41.4 Å². The summed E-state index contributed by atoms with van der Waals surface area (Å²) in [7, 11) is 7.94. The smallest absolute Gasteiger partial charge is 0.0828 e. The van der Waals surface area contributed by atoms with Crippen molar-refractivity contribution in [1.29, 1.82) is 0 Å². The minimum Gasteiger partial charge on any atom is -0.372 e. The van der Waals surface area contributed by atoms with E-state index in [0.717, 1.165) is 25.9 Å². The highest BCUT2D eigenvalue weighted by molar-refractivity contribution is 4.84. The van der Waals surface area contributed by atoms with Crippen molar-refractivity contribution in [2.75, 3.05) is 54.5 Å². The third kappa shape index (κ3) is 9.02. The van der Waals surface area contributed by atoms with Crippen LogP contribution in [0.4, 0.5) is 0 Å². The molecule has 0 amide bonds. The molecule has 0 heterocycles. The molecule has 1 unspecified atom stereocenters. The molecule has 0 aromatic rings. The Morgan fingerprint density at radius 3 is 2.32 bits per heavy atom. The quantitative estimate of drug-likeness (QED) is 0.374. The van der Waals surface area contributed by atoms with E-state index in [1.165, 1.54) is 6.42 Å². The van der Waals surface area contributed by atoms with Crippen LogP contribution in [-0.2, 0) is 9.57 Å².